The van der Waals surface area contributed by atoms with Gasteiger partial charge in [0.15, 0.2) is 0 Å². The molecule has 0 aliphatic rings. The van der Waals surface area contributed by atoms with Crippen LogP contribution in [0.25, 0.3) is 0 Å². The van der Waals surface area contributed by atoms with E-state index in [1.807, 2.05) is 27.7 Å². The Labute approximate surface area is 125 Å². The minimum Gasteiger partial charge on any atom is -0.391 e. The van der Waals surface area contributed by atoms with Crippen molar-refractivity contribution in [3.05, 3.63) is 15.8 Å². The molecule has 1 aromatic rings. The van der Waals surface area contributed by atoms with Gasteiger partial charge in [-0.05, 0) is 5.92 Å². The van der Waals surface area contributed by atoms with E-state index in [1.54, 1.807) is 7.05 Å². The number of nitrogens with one attached hydrogen (secondary N) is 1. The van der Waals surface area contributed by atoms with Crippen molar-refractivity contribution < 1.29 is 10.0 Å². The summed E-state index contributed by atoms with van der Waals surface area (Å²) in [7, 11) is 1.67. The number of rotatable bonds is 8. The molecule has 120 valence electrons. The van der Waals surface area contributed by atoms with Gasteiger partial charge in [-0.3, -0.25) is 10.1 Å². The Morgan fingerprint density at radius 1 is 1.38 bits per heavy atom. The Morgan fingerprint density at radius 2 is 1.95 bits per heavy atom. The van der Waals surface area contributed by atoms with Gasteiger partial charge in [0.05, 0.1) is 11.0 Å². The predicted molar refractivity (Wildman–Crippen MR) is 82.5 cm³/mol. The number of anilines is 1. The first kappa shape index (κ1) is 17.4. The van der Waals surface area contributed by atoms with Gasteiger partial charge in [-0.2, -0.15) is 5.10 Å². The summed E-state index contributed by atoms with van der Waals surface area (Å²) in [4.78, 5) is 10.9. The molecule has 0 amide bonds. The van der Waals surface area contributed by atoms with Crippen LogP contribution in [0.4, 0.5) is 11.5 Å². The van der Waals surface area contributed by atoms with Crippen LogP contribution >= 0.6 is 0 Å². The quantitative estimate of drug-likeness (QED) is 0.568. The fourth-order valence-electron chi connectivity index (χ4n) is 2.50. The molecule has 0 aliphatic carbocycles. The van der Waals surface area contributed by atoms with Gasteiger partial charge < -0.3 is 10.4 Å². The van der Waals surface area contributed by atoms with Crippen molar-refractivity contribution in [2.45, 2.75) is 52.6 Å². The van der Waals surface area contributed by atoms with Gasteiger partial charge in [0.2, 0.25) is 5.82 Å². The lowest BCUT2D eigenvalue weighted by Crippen LogP contribution is -2.28. The highest BCUT2D eigenvalue weighted by molar-refractivity contribution is 5.60. The van der Waals surface area contributed by atoms with E-state index in [9.17, 15) is 15.2 Å². The average Bonchev–Trinajstić information content (AvgIpc) is 2.75. The number of aliphatic hydroxyl groups is 1. The molecule has 0 bridgehead atoms. The second-order valence-electron chi connectivity index (χ2n) is 5.64. The second-order valence-corrected chi connectivity index (χ2v) is 5.64. The van der Waals surface area contributed by atoms with Crippen molar-refractivity contribution in [1.82, 2.24) is 9.78 Å². The first-order valence-corrected chi connectivity index (χ1v) is 7.46. The van der Waals surface area contributed by atoms with E-state index in [0.717, 1.165) is 12.8 Å². The van der Waals surface area contributed by atoms with E-state index in [4.69, 9.17) is 0 Å². The summed E-state index contributed by atoms with van der Waals surface area (Å²) < 4.78 is 1.48. The Balaban J connectivity index is 2.95. The molecular weight excluding hydrogens is 272 g/mol. The van der Waals surface area contributed by atoms with Gasteiger partial charge in [-0.25, -0.2) is 4.68 Å². The highest BCUT2D eigenvalue weighted by Gasteiger charge is 2.29. The minimum absolute atomic E-state index is 0.00393. The van der Waals surface area contributed by atoms with Crippen molar-refractivity contribution in [1.29, 1.82) is 0 Å². The summed E-state index contributed by atoms with van der Waals surface area (Å²) in [5, 5.41) is 28.7. The highest BCUT2D eigenvalue weighted by Crippen LogP contribution is 2.32. The van der Waals surface area contributed by atoms with Crippen molar-refractivity contribution in [3.8, 4) is 0 Å². The van der Waals surface area contributed by atoms with Crippen LogP contribution in [0.5, 0.6) is 0 Å². The van der Waals surface area contributed by atoms with Crippen LogP contribution in [0.3, 0.4) is 0 Å². The lowest BCUT2D eigenvalue weighted by molar-refractivity contribution is -0.384. The monoisotopic (exact) mass is 298 g/mol. The Hall–Kier alpha value is -1.63. The summed E-state index contributed by atoms with van der Waals surface area (Å²) in [6, 6.07) is 0. The van der Waals surface area contributed by atoms with Crippen LogP contribution in [0.1, 0.15) is 52.1 Å². The molecule has 0 fully saturated rings. The van der Waals surface area contributed by atoms with Gasteiger partial charge in [0.1, 0.15) is 5.69 Å². The average molecular weight is 298 g/mol. The molecule has 7 nitrogen and oxygen atoms in total. The normalized spacial score (nSPS) is 13.0. The molecule has 0 radical (unpaired) electrons. The smallest absolute Gasteiger partial charge is 0.334 e. The molecule has 1 heterocycles. The number of aryl methyl sites for hydroxylation is 1. The van der Waals surface area contributed by atoms with Crippen LogP contribution in [-0.2, 0) is 7.05 Å². The van der Waals surface area contributed by atoms with Crippen molar-refractivity contribution >= 4 is 11.5 Å². The summed E-state index contributed by atoms with van der Waals surface area (Å²) in [5.41, 5.74) is 0.464. The van der Waals surface area contributed by atoms with Crippen LogP contribution in [-0.4, -0.2) is 32.5 Å². The standard InChI is InChI=1S/C14H26N4O3/c1-6-10(7-2)11(19)8-15-14-13(18(20)21)12(9(3)4)16-17(14)5/h9-11,15,19H,6-8H2,1-5H3. The van der Waals surface area contributed by atoms with Crippen LogP contribution in [0.2, 0.25) is 0 Å². The zero-order valence-corrected chi connectivity index (χ0v) is 13.5. The van der Waals surface area contributed by atoms with Crippen LogP contribution in [0.15, 0.2) is 0 Å². The first-order valence-electron chi connectivity index (χ1n) is 7.46. The second kappa shape index (κ2) is 7.40. The molecule has 1 unspecified atom stereocenters. The highest BCUT2D eigenvalue weighted by atomic mass is 16.6. The predicted octanol–water partition coefficient (Wildman–Crippen LogP) is 2.66. The molecule has 21 heavy (non-hydrogen) atoms. The Kier molecular flexibility index (Phi) is 6.14. The third kappa shape index (κ3) is 3.93. The molecule has 0 aliphatic heterocycles. The minimum atomic E-state index is -0.531. The largest absolute Gasteiger partial charge is 0.391 e. The summed E-state index contributed by atoms with van der Waals surface area (Å²) in [6.07, 6.45) is 1.23. The zero-order valence-electron chi connectivity index (χ0n) is 13.5. The molecule has 0 spiro atoms. The maximum Gasteiger partial charge on any atom is 0.334 e. The molecule has 1 aromatic heterocycles. The van der Waals surface area contributed by atoms with Crippen LogP contribution in [0, 0.1) is 16.0 Å². The molecule has 2 N–H and O–H groups in total. The Bertz CT molecular complexity index is 481. The summed E-state index contributed by atoms with van der Waals surface area (Å²) in [6.45, 7) is 8.09. The third-order valence-corrected chi connectivity index (χ3v) is 3.85. The fourth-order valence-corrected chi connectivity index (χ4v) is 2.50. The molecule has 7 heteroatoms. The van der Waals surface area contributed by atoms with E-state index in [0.29, 0.717) is 11.5 Å². The van der Waals surface area contributed by atoms with Crippen molar-refractivity contribution in [2.75, 3.05) is 11.9 Å². The van der Waals surface area contributed by atoms with Gasteiger partial charge in [-0.15, -0.1) is 0 Å². The van der Waals surface area contributed by atoms with E-state index < -0.39 is 11.0 Å². The SMILES string of the molecule is CCC(CC)C(O)CNc1c([N+](=O)[O-])c(C(C)C)nn1C. The van der Waals surface area contributed by atoms with E-state index in [-0.39, 0.29) is 24.1 Å². The number of nitrogens with zero attached hydrogens (tertiary/aromatic N) is 3. The third-order valence-electron chi connectivity index (χ3n) is 3.85. The fraction of sp³-hybridized carbons (Fsp3) is 0.786. The number of hydrogen-bond acceptors (Lipinski definition) is 5. The van der Waals surface area contributed by atoms with Crippen LogP contribution < -0.4 is 5.32 Å². The van der Waals surface area contributed by atoms with Gasteiger partial charge in [0, 0.05) is 19.5 Å². The number of nitro groups is 1. The molecular formula is C14H26N4O3. The number of aliphatic hydroxyl groups excluding tert-OH is 1. The maximum absolute atomic E-state index is 11.3. The molecule has 1 atom stereocenters. The first-order chi connectivity index (χ1) is 9.83. The lowest BCUT2D eigenvalue weighted by Gasteiger charge is -2.20. The maximum atomic E-state index is 11.3. The Morgan fingerprint density at radius 3 is 2.38 bits per heavy atom. The van der Waals surface area contributed by atoms with Gasteiger partial charge >= 0.3 is 5.69 Å². The zero-order chi connectivity index (χ0) is 16.2. The lowest BCUT2D eigenvalue weighted by atomic mass is 9.96. The molecule has 0 saturated heterocycles. The van der Waals surface area contributed by atoms with E-state index >= 15 is 0 Å². The molecule has 0 saturated carbocycles. The molecule has 0 aromatic carbocycles. The number of aromatic nitrogens is 2. The van der Waals surface area contributed by atoms with Gasteiger partial charge in [-0.1, -0.05) is 40.5 Å². The van der Waals surface area contributed by atoms with Crippen molar-refractivity contribution in [3.63, 3.8) is 0 Å². The van der Waals surface area contributed by atoms with Crippen molar-refractivity contribution in [2.24, 2.45) is 13.0 Å². The molecule has 1 rings (SSSR count). The van der Waals surface area contributed by atoms with E-state index in [2.05, 4.69) is 10.4 Å². The summed E-state index contributed by atoms with van der Waals surface area (Å²) in [5.74, 6) is 0.513. The number of hydrogen-bond donors (Lipinski definition) is 2. The van der Waals surface area contributed by atoms with E-state index in [1.165, 1.54) is 4.68 Å². The summed E-state index contributed by atoms with van der Waals surface area (Å²) >= 11 is 0. The van der Waals surface area contributed by atoms with Gasteiger partial charge in [0.25, 0.3) is 0 Å². The topological polar surface area (TPSA) is 93.2 Å².